The van der Waals surface area contributed by atoms with Crippen LogP contribution in [-0.2, 0) is 0 Å². The number of nitrogens with two attached hydrogens (primary N) is 1. The van der Waals surface area contributed by atoms with Crippen LogP contribution in [-0.4, -0.2) is 28.9 Å². The molecule has 1 aromatic carbocycles. The smallest absolute Gasteiger partial charge is 0.253 e. The minimum atomic E-state index is -0.0752. The van der Waals surface area contributed by atoms with Gasteiger partial charge in [-0.2, -0.15) is 0 Å². The average Bonchev–Trinajstić information content (AvgIpc) is 2.33. The highest BCUT2D eigenvalue weighted by Gasteiger charge is 2.18. The van der Waals surface area contributed by atoms with Crippen LogP contribution in [0.3, 0.4) is 0 Å². The molecule has 104 valence electrons. The second kappa shape index (κ2) is 7.22. The summed E-state index contributed by atoms with van der Waals surface area (Å²) < 4.78 is 0.779. The Hall–Kier alpha value is -0.650. The van der Waals surface area contributed by atoms with E-state index in [2.05, 4.69) is 15.9 Å². The van der Waals surface area contributed by atoms with Crippen LogP contribution >= 0.6 is 39.7 Å². The highest BCUT2D eigenvalue weighted by Crippen LogP contribution is 2.21. The SMILES string of the molecule is CCN(CC(C)C(N)=S)C(=O)c1cc(Cl)cc(Br)c1. The first-order chi connectivity index (χ1) is 8.85. The van der Waals surface area contributed by atoms with E-state index < -0.39 is 0 Å². The third-order valence-electron chi connectivity index (χ3n) is 2.76. The third kappa shape index (κ3) is 4.75. The predicted octanol–water partition coefficient (Wildman–Crippen LogP) is 3.49. The van der Waals surface area contributed by atoms with E-state index in [1.807, 2.05) is 13.8 Å². The average molecular weight is 364 g/mol. The minimum Gasteiger partial charge on any atom is -0.393 e. The number of benzene rings is 1. The van der Waals surface area contributed by atoms with Gasteiger partial charge < -0.3 is 10.6 Å². The second-order valence-corrected chi connectivity index (χ2v) is 6.13. The lowest BCUT2D eigenvalue weighted by molar-refractivity contribution is 0.0755. The van der Waals surface area contributed by atoms with E-state index in [1.54, 1.807) is 23.1 Å². The van der Waals surface area contributed by atoms with Crippen molar-refractivity contribution in [1.82, 2.24) is 4.90 Å². The first-order valence-electron chi connectivity index (χ1n) is 5.89. The van der Waals surface area contributed by atoms with E-state index in [0.29, 0.717) is 28.7 Å². The molecule has 1 amide bonds. The van der Waals surface area contributed by atoms with Crippen molar-refractivity contribution in [2.24, 2.45) is 11.7 Å². The lowest BCUT2D eigenvalue weighted by Gasteiger charge is -2.24. The summed E-state index contributed by atoms with van der Waals surface area (Å²) in [5, 5.41) is 0.524. The fourth-order valence-corrected chi connectivity index (χ4v) is 2.57. The Morgan fingerprint density at radius 1 is 1.53 bits per heavy atom. The molecule has 0 radical (unpaired) electrons. The van der Waals surface area contributed by atoms with E-state index in [-0.39, 0.29) is 11.8 Å². The molecule has 0 saturated heterocycles. The van der Waals surface area contributed by atoms with Gasteiger partial charge in [-0.1, -0.05) is 46.7 Å². The maximum absolute atomic E-state index is 12.4. The largest absolute Gasteiger partial charge is 0.393 e. The maximum Gasteiger partial charge on any atom is 0.253 e. The van der Waals surface area contributed by atoms with Gasteiger partial charge in [-0.25, -0.2) is 0 Å². The number of carbonyl (C=O) groups is 1. The maximum atomic E-state index is 12.4. The van der Waals surface area contributed by atoms with Gasteiger partial charge in [0, 0.05) is 34.1 Å². The zero-order valence-corrected chi connectivity index (χ0v) is 14.0. The number of rotatable bonds is 5. The molecule has 0 fully saturated rings. The fourth-order valence-electron chi connectivity index (χ4n) is 1.64. The van der Waals surface area contributed by atoms with Crippen molar-refractivity contribution in [3.63, 3.8) is 0 Å². The van der Waals surface area contributed by atoms with Crippen LogP contribution in [0.15, 0.2) is 22.7 Å². The summed E-state index contributed by atoms with van der Waals surface area (Å²) in [6.45, 7) is 4.93. The summed E-state index contributed by atoms with van der Waals surface area (Å²) in [7, 11) is 0. The van der Waals surface area contributed by atoms with Crippen molar-refractivity contribution in [3.8, 4) is 0 Å². The molecule has 0 heterocycles. The van der Waals surface area contributed by atoms with Crippen LogP contribution in [0.1, 0.15) is 24.2 Å². The second-order valence-electron chi connectivity index (χ2n) is 4.31. The van der Waals surface area contributed by atoms with Crippen molar-refractivity contribution >= 4 is 50.6 Å². The standard InChI is InChI=1S/C13H16BrClN2OS/c1-3-17(7-8(2)12(16)19)13(18)9-4-10(14)6-11(15)5-9/h4-6,8H,3,7H2,1-2H3,(H2,16,19). The van der Waals surface area contributed by atoms with Gasteiger partial charge in [0.15, 0.2) is 0 Å². The van der Waals surface area contributed by atoms with E-state index in [1.165, 1.54) is 0 Å². The highest BCUT2D eigenvalue weighted by molar-refractivity contribution is 9.10. The number of nitrogens with zero attached hydrogens (tertiary/aromatic N) is 1. The van der Waals surface area contributed by atoms with Crippen LogP contribution in [0.4, 0.5) is 0 Å². The van der Waals surface area contributed by atoms with E-state index >= 15 is 0 Å². The summed E-state index contributed by atoms with van der Waals surface area (Å²) in [4.78, 5) is 14.5. The summed E-state index contributed by atoms with van der Waals surface area (Å²) in [5.74, 6) is -0.0877. The summed E-state index contributed by atoms with van der Waals surface area (Å²) in [5.41, 5.74) is 6.14. The lowest BCUT2D eigenvalue weighted by Crippen LogP contribution is -2.38. The molecule has 2 N–H and O–H groups in total. The Labute approximate surface area is 132 Å². The Kier molecular flexibility index (Phi) is 6.23. The number of amides is 1. The lowest BCUT2D eigenvalue weighted by atomic mass is 10.1. The first kappa shape index (κ1) is 16.4. The third-order valence-corrected chi connectivity index (χ3v) is 3.84. The van der Waals surface area contributed by atoms with Crippen LogP contribution in [0.25, 0.3) is 0 Å². The zero-order chi connectivity index (χ0) is 14.6. The van der Waals surface area contributed by atoms with E-state index in [4.69, 9.17) is 29.6 Å². The topological polar surface area (TPSA) is 46.3 Å². The van der Waals surface area contributed by atoms with Crippen molar-refractivity contribution in [1.29, 1.82) is 0 Å². The zero-order valence-electron chi connectivity index (χ0n) is 10.8. The summed E-state index contributed by atoms with van der Waals surface area (Å²) in [6.07, 6.45) is 0. The van der Waals surface area contributed by atoms with Crippen molar-refractivity contribution in [3.05, 3.63) is 33.3 Å². The number of hydrogen-bond donors (Lipinski definition) is 1. The Balaban J connectivity index is 2.92. The molecule has 1 atom stereocenters. The van der Waals surface area contributed by atoms with Crippen LogP contribution in [0.2, 0.25) is 5.02 Å². The minimum absolute atomic E-state index is 0.0125. The Morgan fingerprint density at radius 3 is 2.63 bits per heavy atom. The molecular formula is C13H16BrClN2OS. The molecule has 0 saturated carbocycles. The molecule has 0 spiro atoms. The van der Waals surface area contributed by atoms with Crippen LogP contribution in [0, 0.1) is 5.92 Å². The summed E-state index contributed by atoms with van der Waals surface area (Å²) in [6, 6.07) is 5.15. The molecule has 19 heavy (non-hydrogen) atoms. The molecule has 1 unspecified atom stereocenters. The van der Waals surface area contributed by atoms with Gasteiger partial charge in [0.1, 0.15) is 0 Å². The molecule has 0 aliphatic carbocycles. The normalized spacial score (nSPS) is 12.0. The predicted molar refractivity (Wildman–Crippen MR) is 86.7 cm³/mol. The molecule has 6 heteroatoms. The molecule has 1 rings (SSSR count). The van der Waals surface area contributed by atoms with Crippen molar-refractivity contribution in [2.45, 2.75) is 13.8 Å². The Morgan fingerprint density at radius 2 is 2.16 bits per heavy atom. The molecule has 3 nitrogen and oxygen atoms in total. The first-order valence-corrected chi connectivity index (χ1v) is 7.47. The summed E-state index contributed by atoms with van der Waals surface area (Å²) >= 11 is 14.2. The quantitative estimate of drug-likeness (QED) is 0.815. The molecule has 0 aromatic heterocycles. The van der Waals surface area contributed by atoms with Crippen molar-refractivity contribution < 1.29 is 4.79 Å². The van der Waals surface area contributed by atoms with Gasteiger partial charge in [0.05, 0.1) is 4.99 Å². The molecule has 1 aromatic rings. The highest BCUT2D eigenvalue weighted by atomic mass is 79.9. The molecule has 0 aliphatic rings. The van der Waals surface area contributed by atoms with Gasteiger partial charge in [0.25, 0.3) is 5.91 Å². The monoisotopic (exact) mass is 362 g/mol. The number of thiocarbonyl (C=S) groups is 1. The van der Waals surface area contributed by atoms with E-state index in [9.17, 15) is 4.79 Å². The van der Waals surface area contributed by atoms with Gasteiger partial charge in [0.2, 0.25) is 0 Å². The fraction of sp³-hybridized carbons (Fsp3) is 0.385. The number of hydrogen-bond acceptors (Lipinski definition) is 2. The van der Waals surface area contributed by atoms with E-state index in [0.717, 1.165) is 4.47 Å². The Bertz CT molecular complexity index is 475. The number of halogens is 2. The van der Waals surface area contributed by atoms with Gasteiger partial charge >= 0.3 is 0 Å². The number of carbonyl (C=O) groups excluding carboxylic acids is 1. The molecular weight excluding hydrogens is 348 g/mol. The van der Waals surface area contributed by atoms with Crippen LogP contribution < -0.4 is 5.73 Å². The van der Waals surface area contributed by atoms with Gasteiger partial charge in [-0.3, -0.25) is 4.79 Å². The van der Waals surface area contributed by atoms with Gasteiger partial charge in [-0.15, -0.1) is 0 Å². The van der Waals surface area contributed by atoms with Crippen molar-refractivity contribution in [2.75, 3.05) is 13.1 Å². The van der Waals surface area contributed by atoms with Gasteiger partial charge in [-0.05, 0) is 25.1 Å². The molecule has 0 aliphatic heterocycles. The molecule has 0 bridgehead atoms. The van der Waals surface area contributed by atoms with Crippen LogP contribution in [0.5, 0.6) is 0 Å².